The average Bonchev–Trinajstić information content (AvgIpc) is 2.36. The SMILES string of the molecule is Cc1cc(C(=O)Nc2ccncc2N)c(F)cc1F. The van der Waals surface area contributed by atoms with E-state index in [1.54, 1.807) is 0 Å². The number of carbonyl (C=O) groups excluding carboxylic acids is 1. The molecular weight excluding hydrogens is 252 g/mol. The molecule has 0 aliphatic carbocycles. The Balaban J connectivity index is 2.31. The standard InChI is InChI=1S/C13H11F2N3O/c1-7-4-8(10(15)5-9(7)14)13(19)18-12-2-3-17-6-11(12)16/h2-6H,16H2,1H3,(H,17,18,19). The minimum Gasteiger partial charge on any atom is -0.396 e. The molecular formula is C13H11F2N3O. The zero-order valence-corrected chi connectivity index (χ0v) is 10.1. The van der Waals surface area contributed by atoms with Crippen LogP contribution >= 0.6 is 0 Å². The van der Waals surface area contributed by atoms with Gasteiger partial charge in [0, 0.05) is 12.3 Å². The highest BCUT2D eigenvalue weighted by Gasteiger charge is 2.15. The third-order valence-electron chi connectivity index (χ3n) is 2.59. The summed E-state index contributed by atoms with van der Waals surface area (Å²) in [6.07, 6.45) is 2.81. The van der Waals surface area contributed by atoms with E-state index in [1.165, 1.54) is 25.4 Å². The lowest BCUT2D eigenvalue weighted by Crippen LogP contribution is -2.15. The number of nitrogens with two attached hydrogens (primary N) is 1. The van der Waals surface area contributed by atoms with Gasteiger partial charge in [0.1, 0.15) is 11.6 Å². The fourth-order valence-electron chi connectivity index (χ4n) is 1.54. The Labute approximate surface area is 108 Å². The van der Waals surface area contributed by atoms with E-state index in [4.69, 9.17) is 5.73 Å². The highest BCUT2D eigenvalue weighted by atomic mass is 19.1. The number of rotatable bonds is 2. The van der Waals surface area contributed by atoms with Crippen LogP contribution < -0.4 is 11.1 Å². The Kier molecular flexibility index (Phi) is 3.41. The molecule has 0 unspecified atom stereocenters. The van der Waals surface area contributed by atoms with Crippen molar-refractivity contribution in [3.8, 4) is 0 Å². The molecule has 0 aliphatic rings. The molecule has 0 saturated carbocycles. The number of hydrogen-bond acceptors (Lipinski definition) is 3. The lowest BCUT2D eigenvalue weighted by Gasteiger charge is -2.09. The summed E-state index contributed by atoms with van der Waals surface area (Å²) in [6, 6.07) is 3.32. The molecule has 1 aromatic heterocycles. The second-order valence-corrected chi connectivity index (χ2v) is 4.00. The molecule has 19 heavy (non-hydrogen) atoms. The van der Waals surface area contributed by atoms with Gasteiger partial charge >= 0.3 is 0 Å². The van der Waals surface area contributed by atoms with Crippen molar-refractivity contribution < 1.29 is 13.6 Å². The smallest absolute Gasteiger partial charge is 0.258 e. The molecule has 2 aromatic rings. The average molecular weight is 263 g/mol. The number of carbonyl (C=O) groups is 1. The van der Waals surface area contributed by atoms with Crippen LogP contribution in [0.4, 0.5) is 20.2 Å². The molecule has 6 heteroatoms. The number of halogens is 2. The molecule has 0 atom stereocenters. The monoisotopic (exact) mass is 263 g/mol. The van der Waals surface area contributed by atoms with Crippen LogP contribution in [-0.4, -0.2) is 10.9 Å². The molecule has 2 rings (SSSR count). The van der Waals surface area contributed by atoms with Gasteiger partial charge in [-0.1, -0.05) is 0 Å². The summed E-state index contributed by atoms with van der Waals surface area (Å²) in [6.45, 7) is 1.45. The highest BCUT2D eigenvalue weighted by Crippen LogP contribution is 2.19. The first-order valence-electron chi connectivity index (χ1n) is 5.45. The van der Waals surface area contributed by atoms with Crippen molar-refractivity contribution in [1.29, 1.82) is 0 Å². The molecule has 1 aromatic carbocycles. The van der Waals surface area contributed by atoms with Crippen molar-refractivity contribution in [3.05, 3.63) is 53.4 Å². The number of benzene rings is 1. The summed E-state index contributed by atoms with van der Waals surface area (Å²) < 4.78 is 26.7. The van der Waals surface area contributed by atoms with Crippen LogP contribution in [0.1, 0.15) is 15.9 Å². The molecule has 98 valence electrons. The van der Waals surface area contributed by atoms with E-state index in [0.29, 0.717) is 11.8 Å². The molecule has 0 aliphatic heterocycles. The predicted molar refractivity (Wildman–Crippen MR) is 67.7 cm³/mol. The second-order valence-electron chi connectivity index (χ2n) is 4.00. The molecule has 1 amide bonds. The van der Waals surface area contributed by atoms with Crippen molar-refractivity contribution in [1.82, 2.24) is 4.98 Å². The molecule has 0 bridgehead atoms. The van der Waals surface area contributed by atoms with Crippen molar-refractivity contribution >= 4 is 17.3 Å². The largest absolute Gasteiger partial charge is 0.396 e. The summed E-state index contributed by atoms with van der Waals surface area (Å²) in [5, 5.41) is 2.45. The van der Waals surface area contributed by atoms with Gasteiger partial charge in [0.25, 0.3) is 5.91 Å². The van der Waals surface area contributed by atoms with Gasteiger partial charge in [-0.25, -0.2) is 8.78 Å². The topological polar surface area (TPSA) is 68.0 Å². The number of anilines is 2. The van der Waals surface area contributed by atoms with Gasteiger partial charge in [0.05, 0.1) is 23.1 Å². The molecule has 4 nitrogen and oxygen atoms in total. The van der Waals surface area contributed by atoms with Crippen LogP contribution in [-0.2, 0) is 0 Å². The number of nitrogens with one attached hydrogen (secondary N) is 1. The van der Waals surface area contributed by atoms with Gasteiger partial charge in [-0.3, -0.25) is 9.78 Å². The van der Waals surface area contributed by atoms with Crippen LogP contribution in [0.5, 0.6) is 0 Å². The Morgan fingerprint density at radius 2 is 2.05 bits per heavy atom. The van der Waals surface area contributed by atoms with Crippen LogP contribution in [0.15, 0.2) is 30.6 Å². The predicted octanol–water partition coefficient (Wildman–Crippen LogP) is 2.50. The number of aromatic nitrogens is 1. The maximum atomic E-state index is 13.5. The van der Waals surface area contributed by atoms with E-state index in [1.807, 2.05) is 0 Å². The third kappa shape index (κ3) is 2.67. The summed E-state index contributed by atoms with van der Waals surface area (Å²) >= 11 is 0. The van der Waals surface area contributed by atoms with E-state index < -0.39 is 17.5 Å². The maximum Gasteiger partial charge on any atom is 0.258 e. The minimum atomic E-state index is -0.923. The van der Waals surface area contributed by atoms with Gasteiger partial charge in [-0.15, -0.1) is 0 Å². The van der Waals surface area contributed by atoms with Gasteiger partial charge in [-0.05, 0) is 24.6 Å². The first-order chi connectivity index (χ1) is 8.99. The number of pyridine rings is 1. The number of nitrogens with zero attached hydrogens (tertiary/aromatic N) is 1. The lowest BCUT2D eigenvalue weighted by atomic mass is 10.1. The normalized spacial score (nSPS) is 10.3. The van der Waals surface area contributed by atoms with Crippen molar-refractivity contribution in [3.63, 3.8) is 0 Å². The molecule has 3 N–H and O–H groups in total. The van der Waals surface area contributed by atoms with Gasteiger partial charge in [-0.2, -0.15) is 0 Å². The first-order valence-corrected chi connectivity index (χ1v) is 5.45. The minimum absolute atomic E-state index is 0.189. The number of hydrogen-bond donors (Lipinski definition) is 2. The molecule has 0 spiro atoms. The number of amides is 1. The fraction of sp³-hybridized carbons (Fsp3) is 0.0769. The van der Waals surface area contributed by atoms with E-state index in [0.717, 1.165) is 6.07 Å². The van der Waals surface area contributed by atoms with E-state index in [-0.39, 0.29) is 16.8 Å². The maximum absolute atomic E-state index is 13.5. The Hall–Kier alpha value is -2.50. The molecule has 0 fully saturated rings. The van der Waals surface area contributed by atoms with E-state index in [2.05, 4.69) is 10.3 Å². The molecule has 1 heterocycles. The molecule has 0 radical (unpaired) electrons. The Morgan fingerprint density at radius 3 is 2.74 bits per heavy atom. The zero-order chi connectivity index (χ0) is 14.0. The Morgan fingerprint density at radius 1 is 1.32 bits per heavy atom. The third-order valence-corrected chi connectivity index (χ3v) is 2.59. The summed E-state index contributed by atoms with van der Waals surface area (Å²) in [4.78, 5) is 15.7. The number of aryl methyl sites for hydroxylation is 1. The number of nitrogen functional groups attached to an aromatic ring is 1. The first kappa shape index (κ1) is 12.9. The fourth-order valence-corrected chi connectivity index (χ4v) is 1.54. The van der Waals surface area contributed by atoms with E-state index >= 15 is 0 Å². The summed E-state index contributed by atoms with van der Waals surface area (Å²) in [5.41, 5.74) is 6.14. The summed E-state index contributed by atoms with van der Waals surface area (Å²) in [7, 11) is 0. The van der Waals surface area contributed by atoms with Crippen LogP contribution in [0.2, 0.25) is 0 Å². The quantitative estimate of drug-likeness (QED) is 0.874. The van der Waals surface area contributed by atoms with Crippen molar-refractivity contribution in [2.75, 3.05) is 11.1 Å². The van der Waals surface area contributed by atoms with Gasteiger partial charge in [0.2, 0.25) is 0 Å². The summed E-state index contributed by atoms with van der Waals surface area (Å²) in [5.74, 6) is -2.32. The lowest BCUT2D eigenvalue weighted by molar-refractivity contribution is 0.102. The van der Waals surface area contributed by atoms with Crippen molar-refractivity contribution in [2.45, 2.75) is 6.92 Å². The Bertz CT molecular complexity index is 644. The van der Waals surface area contributed by atoms with Crippen LogP contribution in [0.3, 0.4) is 0 Å². The van der Waals surface area contributed by atoms with Crippen LogP contribution in [0.25, 0.3) is 0 Å². The van der Waals surface area contributed by atoms with Crippen molar-refractivity contribution in [2.24, 2.45) is 0 Å². The van der Waals surface area contributed by atoms with Gasteiger partial charge in [0.15, 0.2) is 0 Å². The zero-order valence-electron chi connectivity index (χ0n) is 10.1. The van der Waals surface area contributed by atoms with E-state index in [9.17, 15) is 13.6 Å². The second kappa shape index (κ2) is 5.01. The van der Waals surface area contributed by atoms with Crippen LogP contribution in [0, 0.1) is 18.6 Å². The highest BCUT2D eigenvalue weighted by molar-refractivity contribution is 6.05. The molecule has 0 saturated heterocycles. The van der Waals surface area contributed by atoms with Gasteiger partial charge < -0.3 is 11.1 Å².